The van der Waals surface area contributed by atoms with Crippen molar-refractivity contribution in [3.8, 4) is 5.75 Å². The molecule has 2 aliphatic rings. The van der Waals surface area contributed by atoms with Crippen molar-refractivity contribution in [2.75, 3.05) is 6.61 Å². The smallest absolute Gasteiger partial charge is 0.416 e. The van der Waals surface area contributed by atoms with Gasteiger partial charge in [-0.25, -0.2) is 0 Å². The normalized spacial score (nSPS) is 20.3. The topological polar surface area (TPSA) is 92.8 Å². The molecule has 3 aromatic rings. The van der Waals surface area contributed by atoms with Crippen LogP contribution in [-0.4, -0.2) is 45.5 Å². The number of amides is 1. The molecule has 2 aromatic heterocycles. The lowest BCUT2D eigenvalue weighted by molar-refractivity contribution is -0.201. The number of H-pyrrole nitrogens is 1. The Morgan fingerprint density at radius 2 is 1.90 bits per heavy atom. The van der Waals surface area contributed by atoms with Gasteiger partial charge >= 0.3 is 12.4 Å². The van der Waals surface area contributed by atoms with Gasteiger partial charge in [0.2, 0.25) is 5.82 Å². The minimum Gasteiger partial charge on any atom is -0.494 e. The monoisotopic (exact) mass is 591 g/mol. The second kappa shape index (κ2) is 10.1. The van der Waals surface area contributed by atoms with Gasteiger partial charge in [-0.15, -0.1) is 21.5 Å². The van der Waals surface area contributed by atoms with E-state index < -0.39 is 42.2 Å². The van der Waals surface area contributed by atoms with Crippen LogP contribution < -0.4 is 10.1 Å². The number of carbonyl (C=O) groups excluding carboxylic acids is 1. The third-order valence-corrected chi connectivity index (χ3v) is 8.15. The predicted molar refractivity (Wildman–Crippen MR) is 130 cm³/mol. The third kappa shape index (κ3) is 5.62. The number of rotatable bonds is 8. The number of aromatic nitrogens is 4. The van der Waals surface area contributed by atoms with Gasteiger partial charge in [0.15, 0.2) is 5.54 Å². The Hall–Kier alpha value is -3.13. The molecule has 5 rings (SSSR count). The van der Waals surface area contributed by atoms with Crippen molar-refractivity contribution in [2.45, 2.75) is 55.9 Å². The van der Waals surface area contributed by atoms with Crippen molar-refractivity contribution < 1.29 is 35.9 Å². The Balaban J connectivity index is 1.53. The Morgan fingerprint density at radius 3 is 2.51 bits per heavy atom. The Kier molecular flexibility index (Phi) is 7.12. The summed E-state index contributed by atoms with van der Waals surface area (Å²) in [5, 5.41) is 15.1. The average Bonchev–Trinajstić information content (AvgIpc) is 3.33. The summed E-state index contributed by atoms with van der Waals surface area (Å²) < 4.78 is 87.1. The second-order valence-electron chi connectivity index (χ2n) is 9.31. The minimum absolute atomic E-state index is 0.000897. The molecule has 0 bridgehead atoms. The molecular weight excluding hydrogens is 572 g/mol. The largest absolute Gasteiger partial charge is 0.494 e. The van der Waals surface area contributed by atoms with Crippen molar-refractivity contribution >= 4 is 40.0 Å². The first-order valence-corrected chi connectivity index (χ1v) is 13.0. The van der Waals surface area contributed by atoms with Gasteiger partial charge in [0.25, 0.3) is 5.91 Å². The number of nitrogens with one attached hydrogen (secondary N) is 2. The molecular formula is C24H20ClF6N5O2S. The number of nitrogens with zero attached hydrogens (tertiary/aromatic N) is 3. The van der Waals surface area contributed by atoms with Crippen LogP contribution in [0.3, 0.4) is 0 Å². The number of benzene rings is 1. The van der Waals surface area contributed by atoms with E-state index in [1.54, 1.807) is 6.07 Å². The Bertz CT molecular complexity index is 1400. The molecule has 1 atom stereocenters. The molecule has 3 heterocycles. The molecule has 1 aliphatic heterocycles. The number of ether oxygens (including phenoxy) is 1. The van der Waals surface area contributed by atoms with Crippen molar-refractivity contribution in [2.24, 2.45) is 0 Å². The summed E-state index contributed by atoms with van der Waals surface area (Å²) in [4.78, 5) is 14.8. The molecule has 15 heteroatoms. The summed E-state index contributed by atoms with van der Waals surface area (Å²) in [7, 11) is 0. The van der Waals surface area contributed by atoms with E-state index in [2.05, 4.69) is 25.9 Å². The highest BCUT2D eigenvalue weighted by Crippen LogP contribution is 2.53. The number of hydrogen-bond acceptors (Lipinski definition) is 6. The summed E-state index contributed by atoms with van der Waals surface area (Å²) in [6.07, 6.45) is -9.47. The molecule has 1 fully saturated rings. The maximum absolute atomic E-state index is 14.9. The van der Waals surface area contributed by atoms with E-state index in [0.29, 0.717) is 10.8 Å². The molecule has 1 aromatic carbocycles. The van der Waals surface area contributed by atoms with Crippen molar-refractivity contribution in [3.05, 3.63) is 56.5 Å². The van der Waals surface area contributed by atoms with Gasteiger partial charge in [0.05, 0.1) is 17.2 Å². The maximum atomic E-state index is 14.9. The molecule has 0 saturated heterocycles. The fourth-order valence-corrected chi connectivity index (χ4v) is 6.05. The molecule has 1 amide bonds. The van der Waals surface area contributed by atoms with E-state index in [1.165, 1.54) is 17.4 Å². The van der Waals surface area contributed by atoms with Gasteiger partial charge in [-0.05, 0) is 60.2 Å². The molecule has 0 unspecified atom stereocenters. The van der Waals surface area contributed by atoms with Crippen LogP contribution in [0.15, 0.2) is 30.3 Å². The van der Waals surface area contributed by atoms with Gasteiger partial charge in [0, 0.05) is 28.2 Å². The van der Waals surface area contributed by atoms with Crippen molar-refractivity contribution in [3.63, 3.8) is 0 Å². The van der Waals surface area contributed by atoms with Crippen LogP contribution in [0.4, 0.5) is 26.3 Å². The molecule has 2 N–H and O–H groups in total. The summed E-state index contributed by atoms with van der Waals surface area (Å²) in [6, 6.07) is 6.88. The van der Waals surface area contributed by atoms with E-state index >= 15 is 0 Å². The van der Waals surface area contributed by atoms with Gasteiger partial charge in [-0.3, -0.25) is 4.79 Å². The first-order chi connectivity index (χ1) is 18.4. The van der Waals surface area contributed by atoms with E-state index in [9.17, 15) is 31.1 Å². The van der Waals surface area contributed by atoms with Crippen LogP contribution in [-0.2, 0) is 10.3 Å². The second-order valence-corrected chi connectivity index (χ2v) is 10.8. The lowest BCUT2D eigenvalue weighted by Crippen LogP contribution is -2.58. The number of hydrogen-bond donors (Lipinski definition) is 2. The molecule has 7 nitrogen and oxygen atoms in total. The predicted octanol–water partition coefficient (Wildman–Crippen LogP) is 6.40. The lowest BCUT2D eigenvalue weighted by Gasteiger charge is -2.41. The minimum atomic E-state index is -4.99. The van der Waals surface area contributed by atoms with Gasteiger partial charge in [0.1, 0.15) is 5.75 Å². The van der Waals surface area contributed by atoms with Crippen LogP contribution in [0.1, 0.15) is 59.2 Å². The maximum Gasteiger partial charge on any atom is 0.416 e. The highest BCUT2D eigenvalue weighted by molar-refractivity contribution is 7.13. The molecule has 1 aliphatic carbocycles. The summed E-state index contributed by atoms with van der Waals surface area (Å²) in [5.74, 6) is -0.852. The van der Waals surface area contributed by atoms with Crippen LogP contribution in [0.25, 0.3) is 11.1 Å². The van der Waals surface area contributed by atoms with Gasteiger partial charge in [-0.2, -0.15) is 31.6 Å². The van der Waals surface area contributed by atoms with E-state index in [-0.39, 0.29) is 40.8 Å². The van der Waals surface area contributed by atoms with Crippen LogP contribution in [0, 0.1) is 0 Å². The van der Waals surface area contributed by atoms with Crippen molar-refractivity contribution in [1.82, 2.24) is 25.9 Å². The number of halogens is 7. The number of thiophene rings is 1. The fourth-order valence-electron chi connectivity index (χ4n) is 4.49. The molecule has 0 radical (unpaired) electrons. The number of aromatic amines is 1. The van der Waals surface area contributed by atoms with Crippen LogP contribution in [0.5, 0.6) is 5.75 Å². The van der Waals surface area contributed by atoms with E-state index in [4.69, 9.17) is 16.3 Å². The lowest BCUT2D eigenvalue weighted by atomic mass is 9.77. The van der Waals surface area contributed by atoms with Gasteiger partial charge < -0.3 is 10.1 Å². The highest BCUT2D eigenvalue weighted by Gasteiger charge is 2.60. The number of tetrazole rings is 1. The molecule has 208 valence electrons. The molecule has 0 spiro atoms. The van der Waals surface area contributed by atoms with Gasteiger partial charge in [-0.1, -0.05) is 17.7 Å². The summed E-state index contributed by atoms with van der Waals surface area (Å²) in [6.45, 7) is -0.307. The quantitative estimate of drug-likeness (QED) is 0.234. The van der Waals surface area contributed by atoms with Crippen molar-refractivity contribution in [1.29, 1.82) is 0 Å². The summed E-state index contributed by atoms with van der Waals surface area (Å²) in [5.41, 5.74) is -3.38. The number of alkyl halides is 6. The Labute approximate surface area is 226 Å². The summed E-state index contributed by atoms with van der Waals surface area (Å²) >= 11 is 7.63. The SMILES string of the molecule is O=C1N[C@@](c2ccc(OCCCC(F)(F)F)cc2Cl)(C(F)(F)F)CC(c2ccc(C3CC3)s2)=C1c1nn[nH]n1. The standard InChI is InChI=1S/C24H20ClF6N5O2S/c25-16-10-13(38-9-1-8-23(26,27)28)4-5-15(16)22(24(29,30)31)11-14(18-7-6-17(39-18)12-2-3-12)19(21(37)32-22)20-33-35-36-34-20/h4-7,10,12H,1-3,8-9,11H2,(H,32,37)(H,33,34,35,36)/t22-/m0/s1. The van der Waals surface area contributed by atoms with E-state index in [0.717, 1.165) is 29.9 Å². The first-order valence-electron chi connectivity index (χ1n) is 11.8. The molecule has 1 saturated carbocycles. The van der Waals surface area contributed by atoms with Crippen LogP contribution in [0.2, 0.25) is 5.02 Å². The number of carbonyl (C=O) groups is 1. The Morgan fingerprint density at radius 1 is 1.13 bits per heavy atom. The van der Waals surface area contributed by atoms with Crippen LogP contribution >= 0.6 is 22.9 Å². The fraction of sp³-hybridized carbons (Fsp3) is 0.417. The first kappa shape index (κ1) is 27.4. The zero-order valence-electron chi connectivity index (χ0n) is 19.9. The highest BCUT2D eigenvalue weighted by atomic mass is 35.5. The van der Waals surface area contributed by atoms with E-state index in [1.807, 2.05) is 6.07 Å². The molecule has 39 heavy (non-hydrogen) atoms. The zero-order chi connectivity index (χ0) is 28.0. The zero-order valence-corrected chi connectivity index (χ0v) is 21.5. The average molecular weight is 592 g/mol. The third-order valence-electron chi connectivity index (χ3n) is 6.53.